The van der Waals surface area contributed by atoms with Gasteiger partial charge in [-0.25, -0.2) is 13.6 Å². The smallest absolute Gasteiger partial charge is 0.451 e. The van der Waals surface area contributed by atoms with Crippen molar-refractivity contribution in [1.29, 1.82) is 0 Å². The number of hydrogen-bond donors (Lipinski definition) is 0. The molecule has 1 amide bonds. The van der Waals surface area contributed by atoms with E-state index in [-0.39, 0.29) is 34.1 Å². The highest BCUT2D eigenvalue weighted by molar-refractivity contribution is 7.98. The lowest BCUT2D eigenvalue weighted by Crippen LogP contribution is -2.65. The molecule has 12 heteroatoms. The maximum atomic E-state index is 15.4. The lowest BCUT2D eigenvalue weighted by Gasteiger charge is -2.53. The van der Waals surface area contributed by atoms with Crippen LogP contribution in [-0.4, -0.2) is 48.3 Å². The maximum Gasteiger partial charge on any atom is 0.510 e. The molecular weight excluding hydrogens is 568 g/mol. The monoisotopic (exact) mass is 595 g/mol. The molecular formula is C30H27F2N3O6S. The fourth-order valence-corrected chi connectivity index (χ4v) is 7.58. The summed E-state index contributed by atoms with van der Waals surface area (Å²) in [5.74, 6) is -2.24. The van der Waals surface area contributed by atoms with Gasteiger partial charge in [0.1, 0.15) is 6.17 Å². The van der Waals surface area contributed by atoms with Crippen LogP contribution in [0.3, 0.4) is 0 Å². The molecule has 4 aliphatic rings. The summed E-state index contributed by atoms with van der Waals surface area (Å²) in [5.41, 5.74) is 1.15. The van der Waals surface area contributed by atoms with Gasteiger partial charge in [-0.3, -0.25) is 19.3 Å². The van der Waals surface area contributed by atoms with E-state index in [1.165, 1.54) is 24.0 Å². The lowest BCUT2D eigenvalue weighted by molar-refractivity contribution is 0.0115. The van der Waals surface area contributed by atoms with Crippen LogP contribution < -0.4 is 15.2 Å². The molecule has 1 aliphatic carbocycles. The van der Waals surface area contributed by atoms with E-state index in [1.807, 2.05) is 29.3 Å². The SMILES string of the molecule is COC(=O)OCOc1c2n(ccc1=O)N([C@@H]1c3ccccc3SCc3c1ccc(F)c3F)[C@@H]1CCC3(CC3)CN1C2=O. The van der Waals surface area contributed by atoms with Crippen LogP contribution >= 0.6 is 11.8 Å². The summed E-state index contributed by atoms with van der Waals surface area (Å²) < 4.78 is 46.5. The molecule has 2 fully saturated rings. The number of nitrogens with zero attached hydrogens (tertiary/aromatic N) is 3. The molecule has 218 valence electrons. The minimum absolute atomic E-state index is 0.0246. The molecule has 1 saturated carbocycles. The van der Waals surface area contributed by atoms with E-state index in [1.54, 1.807) is 15.6 Å². The molecule has 2 aromatic carbocycles. The Morgan fingerprint density at radius 3 is 2.67 bits per heavy atom. The topological polar surface area (TPSA) is 90.3 Å². The van der Waals surface area contributed by atoms with Crippen LogP contribution in [0.5, 0.6) is 5.75 Å². The third kappa shape index (κ3) is 4.22. The molecule has 42 heavy (non-hydrogen) atoms. The number of amides is 1. The van der Waals surface area contributed by atoms with Gasteiger partial charge in [0.05, 0.1) is 13.2 Å². The Morgan fingerprint density at radius 2 is 1.88 bits per heavy atom. The number of carbonyl (C=O) groups is 2. The van der Waals surface area contributed by atoms with Crippen molar-refractivity contribution in [2.75, 3.05) is 25.5 Å². The van der Waals surface area contributed by atoms with Crippen LogP contribution in [0.2, 0.25) is 0 Å². The number of rotatable bonds is 4. The van der Waals surface area contributed by atoms with E-state index < -0.39 is 42.2 Å². The van der Waals surface area contributed by atoms with Gasteiger partial charge in [0.15, 0.2) is 17.3 Å². The van der Waals surface area contributed by atoms with Crippen molar-refractivity contribution in [1.82, 2.24) is 9.58 Å². The molecule has 0 bridgehead atoms. The average Bonchev–Trinajstić information content (AvgIpc) is 3.78. The summed E-state index contributed by atoms with van der Waals surface area (Å²) in [5, 5.41) is 1.99. The van der Waals surface area contributed by atoms with Crippen LogP contribution in [0, 0.1) is 17.0 Å². The van der Waals surface area contributed by atoms with Gasteiger partial charge in [0.2, 0.25) is 18.0 Å². The summed E-state index contributed by atoms with van der Waals surface area (Å²) in [6, 6.07) is 11.1. The molecule has 0 radical (unpaired) electrons. The van der Waals surface area contributed by atoms with Gasteiger partial charge in [0.25, 0.3) is 5.91 Å². The van der Waals surface area contributed by atoms with Crippen molar-refractivity contribution in [3.63, 3.8) is 0 Å². The quantitative estimate of drug-likeness (QED) is 0.310. The van der Waals surface area contributed by atoms with Gasteiger partial charge in [-0.1, -0.05) is 24.3 Å². The first kappa shape index (κ1) is 26.8. The number of carbonyl (C=O) groups excluding carboxylic acids is 2. The van der Waals surface area contributed by atoms with Gasteiger partial charge >= 0.3 is 6.16 Å². The zero-order chi connectivity index (χ0) is 29.2. The van der Waals surface area contributed by atoms with E-state index in [0.717, 1.165) is 42.9 Å². The second-order valence-electron chi connectivity index (χ2n) is 11.1. The number of halogens is 2. The van der Waals surface area contributed by atoms with Gasteiger partial charge in [-0.15, -0.1) is 11.8 Å². The molecule has 1 spiro atoms. The largest absolute Gasteiger partial charge is 0.510 e. The van der Waals surface area contributed by atoms with Gasteiger partial charge in [0, 0.05) is 35.0 Å². The van der Waals surface area contributed by atoms with Gasteiger partial charge in [-0.05, 0) is 54.4 Å². The fourth-order valence-electron chi connectivity index (χ4n) is 6.46. The number of methoxy groups -OCH3 is 1. The molecule has 3 aromatic rings. The van der Waals surface area contributed by atoms with E-state index in [9.17, 15) is 18.8 Å². The van der Waals surface area contributed by atoms with Crippen molar-refractivity contribution >= 4 is 23.8 Å². The van der Waals surface area contributed by atoms with E-state index >= 15 is 4.39 Å². The van der Waals surface area contributed by atoms with E-state index in [2.05, 4.69) is 4.74 Å². The number of fused-ring (bicyclic) bond motifs is 4. The molecule has 9 nitrogen and oxygen atoms in total. The standard InChI is InChI=1S/C30H27F2N3O6S/c1-39-29(38)41-16-40-27-21(36)9-13-34-26(27)28(37)33-15-30(11-12-30)10-8-23(33)35(34)25-17-6-7-20(31)24(32)19(17)14-42-22-5-3-2-4-18(22)25/h2-7,9,13,23,25H,8,10-12,14-16H2,1H3/t23-,25+/m1/s1. The summed E-state index contributed by atoms with van der Waals surface area (Å²) in [6.45, 7) is -0.141. The predicted molar refractivity (Wildman–Crippen MR) is 148 cm³/mol. The Labute approximate surface area is 243 Å². The van der Waals surface area contributed by atoms with E-state index in [0.29, 0.717) is 18.5 Å². The zero-order valence-corrected chi connectivity index (χ0v) is 23.5. The van der Waals surface area contributed by atoms with Crippen molar-refractivity contribution in [2.24, 2.45) is 5.41 Å². The molecule has 3 aliphatic heterocycles. The molecule has 2 atom stereocenters. The lowest BCUT2D eigenvalue weighted by atomic mass is 9.88. The molecule has 4 heterocycles. The minimum atomic E-state index is -1.00. The Hall–Kier alpha value is -4.06. The first-order valence-corrected chi connectivity index (χ1v) is 14.7. The Morgan fingerprint density at radius 1 is 1.07 bits per heavy atom. The first-order valence-electron chi connectivity index (χ1n) is 13.7. The van der Waals surface area contributed by atoms with Crippen LogP contribution in [0.1, 0.15) is 58.9 Å². The summed E-state index contributed by atoms with van der Waals surface area (Å²) in [4.78, 5) is 41.5. The highest BCUT2D eigenvalue weighted by Crippen LogP contribution is 2.55. The van der Waals surface area contributed by atoms with E-state index in [4.69, 9.17) is 9.47 Å². The number of pyridine rings is 1. The highest BCUT2D eigenvalue weighted by atomic mass is 32.2. The van der Waals surface area contributed by atoms with Gasteiger partial charge in [-0.2, -0.15) is 0 Å². The molecule has 0 unspecified atom stereocenters. The predicted octanol–water partition coefficient (Wildman–Crippen LogP) is 4.94. The molecule has 1 saturated heterocycles. The van der Waals surface area contributed by atoms with Crippen molar-refractivity contribution in [3.05, 3.63) is 92.9 Å². The number of thioether (sulfide) groups is 1. The second kappa shape index (κ2) is 10.0. The molecule has 7 rings (SSSR count). The average molecular weight is 596 g/mol. The minimum Gasteiger partial charge on any atom is -0.451 e. The number of hydrogen-bond acceptors (Lipinski definition) is 8. The van der Waals surface area contributed by atoms with Crippen molar-refractivity contribution in [2.45, 2.75) is 48.5 Å². The normalized spacial score (nSPS) is 21.5. The van der Waals surface area contributed by atoms with Crippen LogP contribution in [0.4, 0.5) is 13.6 Å². The number of benzene rings is 2. The number of aromatic nitrogens is 1. The zero-order valence-electron chi connectivity index (χ0n) is 22.7. The summed E-state index contributed by atoms with van der Waals surface area (Å²) >= 11 is 1.43. The Bertz CT molecular complexity index is 1680. The number of ether oxygens (including phenoxy) is 3. The third-order valence-electron chi connectivity index (χ3n) is 8.73. The van der Waals surface area contributed by atoms with Crippen LogP contribution in [-0.2, 0) is 15.2 Å². The highest BCUT2D eigenvalue weighted by Gasteiger charge is 2.54. The first-order chi connectivity index (χ1) is 20.3. The summed E-state index contributed by atoms with van der Waals surface area (Å²) in [7, 11) is 1.14. The second-order valence-corrected chi connectivity index (χ2v) is 12.1. The van der Waals surface area contributed by atoms with Crippen molar-refractivity contribution in [3.8, 4) is 5.75 Å². The number of piperidine rings is 1. The third-order valence-corrected chi connectivity index (χ3v) is 9.85. The summed E-state index contributed by atoms with van der Waals surface area (Å²) in [6.07, 6.45) is 3.68. The van der Waals surface area contributed by atoms with Crippen molar-refractivity contribution < 1.29 is 32.6 Å². The van der Waals surface area contributed by atoms with Gasteiger partial charge < -0.3 is 19.1 Å². The fraction of sp³-hybridized carbons (Fsp3) is 0.367. The Balaban J connectivity index is 1.44. The molecule has 1 aromatic heterocycles. The van der Waals surface area contributed by atoms with Crippen LogP contribution in [0.25, 0.3) is 0 Å². The maximum absolute atomic E-state index is 15.4. The van der Waals surface area contributed by atoms with Crippen LogP contribution in [0.15, 0.2) is 58.4 Å². The molecule has 0 N–H and O–H groups in total. The Kier molecular flexibility index (Phi) is 6.41.